The smallest absolute Gasteiger partial charge is 0.224 e. The summed E-state index contributed by atoms with van der Waals surface area (Å²) in [6, 6.07) is 6.12. The van der Waals surface area contributed by atoms with Crippen LogP contribution in [-0.4, -0.2) is 17.0 Å². The molecule has 0 aliphatic carbocycles. The second-order valence-electron chi connectivity index (χ2n) is 3.26. The van der Waals surface area contributed by atoms with E-state index in [4.69, 9.17) is 0 Å². The zero-order valence-electron chi connectivity index (χ0n) is 9.04. The summed E-state index contributed by atoms with van der Waals surface area (Å²) in [5, 5.41) is 5.84. The summed E-state index contributed by atoms with van der Waals surface area (Å²) < 4.78 is 13.9. The third-order valence-corrected chi connectivity index (χ3v) is 2.76. The highest BCUT2D eigenvalue weighted by molar-refractivity contribution is 9.10. The van der Waals surface area contributed by atoms with Crippen LogP contribution >= 0.6 is 15.9 Å². The summed E-state index contributed by atoms with van der Waals surface area (Å²) in [7, 11) is 1.73. The molecule has 1 heterocycles. The molecule has 17 heavy (non-hydrogen) atoms. The van der Waals surface area contributed by atoms with Gasteiger partial charge in [0.05, 0.1) is 5.69 Å². The van der Waals surface area contributed by atoms with Gasteiger partial charge in [0.15, 0.2) is 0 Å². The molecule has 0 saturated heterocycles. The fourth-order valence-corrected chi connectivity index (χ4v) is 1.63. The average Bonchev–Trinajstić information content (AvgIpc) is 2.34. The Hall–Kier alpha value is -1.69. The molecule has 0 radical (unpaired) electrons. The maximum Gasteiger partial charge on any atom is 0.224 e. The number of nitrogens with one attached hydrogen (secondary N) is 2. The monoisotopic (exact) mass is 296 g/mol. The lowest BCUT2D eigenvalue weighted by Crippen LogP contribution is -2.00. The molecular formula is C11H10BrFN4. The Labute approximate surface area is 106 Å². The molecule has 88 valence electrons. The first-order chi connectivity index (χ1) is 8.19. The van der Waals surface area contributed by atoms with Crippen molar-refractivity contribution in [1.29, 1.82) is 0 Å². The van der Waals surface area contributed by atoms with Crippen LogP contribution in [-0.2, 0) is 0 Å². The van der Waals surface area contributed by atoms with Crippen molar-refractivity contribution in [3.8, 4) is 0 Å². The summed E-state index contributed by atoms with van der Waals surface area (Å²) >= 11 is 3.34. The highest BCUT2D eigenvalue weighted by Gasteiger charge is 2.03. The molecule has 0 unspecified atom stereocenters. The predicted molar refractivity (Wildman–Crippen MR) is 69.0 cm³/mol. The molecule has 1 aromatic heterocycles. The number of rotatable bonds is 3. The Balaban J connectivity index is 2.27. The minimum atomic E-state index is -0.307. The van der Waals surface area contributed by atoms with Gasteiger partial charge in [0.25, 0.3) is 0 Å². The van der Waals surface area contributed by atoms with Gasteiger partial charge in [-0.2, -0.15) is 4.98 Å². The van der Waals surface area contributed by atoms with E-state index in [1.165, 1.54) is 12.1 Å². The molecule has 2 rings (SSSR count). The first-order valence-electron chi connectivity index (χ1n) is 4.92. The van der Waals surface area contributed by atoms with Crippen molar-refractivity contribution in [2.24, 2.45) is 0 Å². The van der Waals surface area contributed by atoms with Crippen molar-refractivity contribution >= 4 is 33.4 Å². The maximum absolute atomic E-state index is 13.1. The van der Waals surface area contributed by atoms with Gasteiger partial charge in [-0.25, -0.2) is 9.37 Å². The van der Waals surface area contributed by atoms with E-state index >= 15 is 0 Å². The molecular weight excluding hydrogens is 287 g/mol. The Kier molecular flexibility index (Phi) is 3.53. The molecule has 0 atom stereocenters. The number of halogens is 2. The topological polar surface area (TPSA) is 49.8 Å². The van der Waals surface area contributed by atoms with Gasteiger partial charge in [0.2, 0.25) is 5.95 Å². The molecule has 0 amide bonds. The lowest BCUT2D eigenvalue weighted by atomic mass is 10.3. The van der Waals surface area contributed by atoms with Crippen LogP contribution in [0.5, 0.6) is 0 Å². The largest absolute Gasteiger partial charge is 0.357 e. The highest BCUT2D eigenvalue weighted by Crippen LogP contribution is 2.25. The van der Waals surface area contributed by atoms with E-state index in [1.54, 1.807) is 25.4 Å². The molecule has 1 aromatic carbocycles. The van der Waals surface area contributed by atoms with E-state index in [2.05, 4.69) is 36.5 Å². The van der Waals surface area contributed by atoms with Crippen LogP contribution in [0.2, 0.25) is 0 Å². The van der Waals surface area contributed by atoms with Gasteiger partial charge in [-0.3, -0.25) is 0 Å². The molecule has 0 spiro atoms. The molecule has 0 bridgehead atoms. The summed E-state index contributed by atoms with van der Waals surface area (Å²) in [6.45, 7) is 0. The lowest BCUT2D eigenvalue weighted by Gasteiger charge is -2.08. The molecule has 0 aliphatic heterocycles. The minimum absolute atomic E-state index is 0.307. The van der Waals surface area contributed by atoms with Crippen molar-refractivity contribution in [2.75, 3.05) is 17.7 Å². The second kappa shape index (κ2) is 5.09. The van der Waals surface area contributed by atoms with Gasteiger partial charge in [-0.1, -0.05) is 0 Å². The van der Waals surface area contributed by atoms with Crippen LogP contribution < -0.4 is 10.6 Å². The van der Waals surface area contributed by atoms with Crippen molar-refractivity contribution in [3.63, 3.8) is 0 Å². The lowest BCUT2D eigenvalue weighted by molar-refractivity contribution is 0.628. The minimum Gasteiger partial charge on any atom is -0.357 e. The predicted octanol–water partition coefficient (Wildman–Crippen LogP) is 3.16. The van der Waals surface area contributed by atoms with Gasteiger partial charge < -0.3 is 10.6 Å². The van der Waals surface area contributed by atoms with E-state index in [0.717, 1.165) is 4.47 Å². The van der Waals surface area contributed by atoms with Crippen molar-refractivity contribution in [1.82, 2.24) is 9.97 Å². The summed E-state index contributed by atoms with van der Waals surface area (Å²) in [5.74, 6) is 0.789. The average molecular weight is 297 g/mol. The van der Waals surface area contributed by atoms with Gasteiger partial charge in [-0.05, 0) is 40.2 Å². The Morgan fingerprint density at radius 2 is 2.12 bits per heavy atom. The van der Waals surface area contributed by atoms with E-state index in [1.807, 2.05) is 0 Å². The van der Waals surface area contributed by atoms with Crippen LogP contribution in [0.4, 0.5) is 21.8 Å². The maximum atomic E-state index is 13.1. The summed E-state index contributed by atoms with van der Waals surface area (Å²) in [5.41, 5.74) is 0.616. The van der Waals surface area contributed by atoms with E-state index in [9.17, 15) is 4.39 Å². The Bertz CT molecular complexity index is 533. The number of aromatic nitrogens is 2. The summed E-state index contributed by atoms with van der Waals surface area (Å²) in [6.07, 6.45) is 1.62. The SMILES string of the molecule is CNc1nccc(Nc2cc(F)ccc2Br)n1. The number of anilines is 3. The zero-order chi connectivity index (χ0) is 12.3. The van der Waals surface area contributed by atoms with Crippen LogP contribution in [0, 0.1) is 5.82 Å². The van der Waals surface area contributed by atoms with Crippen molar-refractivity contribution in [2.45, 2.75) is 0 Å². The van der Waals surface area contributed by atoms with Gasteiger partial charge >= 0.3 is 0 Å². The standard InChI is InChI=1S/C11H10BrFN4/c1-14-11-15-5-4-10(17-11)16-9-6-7(13)2-3-8(9)12/h2-6H,1H3,(H2,14,15,16,17). The van der Waals surface area contributed by atoms with Gasteiger partial charge in [-0.15, -0.1) is 0 Å². The highest BCUT2D eigenvalue weighted by atomic mass is 79.9. The van der Waals surface area contributed by atoms with E-state index in [-0.39, 0.29) is 5.82 Å². The number of hydrogen-bond acceptors (Lipinski definition) is 4. The fourth-order valence-electron chi connectivity index (χ4n) is 1.28. The number of hydrogen-bond donors (Lipinski definition) is 2. The normalized spacial score (nSPS) is 10.1. The Morgan fingerprint density at radius 1 is 1.29 bits per heavy atom. The fraction of sp³-hybridized carbons (Fsp3) is 0.0909. The van der Waals surface area contributed by atoms with E-state index < -0.39 is 0 Å². The zero-order valence-corrected chi connectivity index (χ0v) is 10.6. The first kappa shape index (κ1) is 11.8. The van der Waals surface area contributed by atoms with Gasteiger partial charge in [0, 0.05) is 17.7 Å². The number of nitrogens with zero attached hydrogens (tertiary/aromatic N) is 2. The van der Waals surface area contributed by atoms with Crippen LogP contribution in [0.25, 0.3) is 0 Å². The van der Waals surface area contributed by atoms with E-state index in [0.29, 0.717) is 17.5 Å². The van der Waals surface area contributed by atoms with Crippen LogP contribution in [0.1, 0.15) is 0 Å². The number of benzene rings is 1. The molecule has 4 nitrogen and oxygen atoms in total. The summed E-state index contributed by atoms with van der Waals surface area (Å²) in [4.78, 5) is 8.17. The second-order valence-corrected chi connectivity index (χ2v) is 4.12. The molecule has 2 N–H and O–H groups in total. The molecule has 0 fully saturated rings. The molecule has 0 aliphatic rings. The first-order valence-corrected chi connectivity index (χ1v) is 5.71. The van der Waals surface area contributed by atoms with Gasteiger partial charge in [0.1, 0.15) is 11.6 Å². The van der Waals surface area contributed by atoms with Crippen molar-refractivity contribution in [3.05, 3.63) is 40.8 Å². The third kappa shape index (κ3) is 2.91. The quantitative estimate of drug-likeness (QED) is 0.913. The molecule has 0 saturated carbocycles. The Morgan fingerprint density at radius 3 is 2.88 bits per heavy atom. The molecule has 2 aromatic rings. The van der Waals surface area contributed by atoms with Crippen molar-refractivity contribution < 1.29 is 4.39 Å². The van der Waals surface area contributed by atoms with Crippen LogP contribution in [0.15, 0.2) is 34.9 Å². The third-order valence-electron chi connectivity index (χ3n) is 2.07. The van der Waals surface area contributed by atoms with Crippen LogP contribution in [0.3, 0.4) is 0 Å². The molecule has 6 heteroatoms.